The topological polar surface area (TPSA) is 29.6 Å². The van der Waals surface area contributed by atoms with Crippen LogP contribution in [0.4, 0.5) is 0 Å². The third kappa shape index (κ3) is 15.2. The third-order valence-corrected chi connectivity index (χ3v) is 30.4. The number of hydrogen-bond acceptors (Lipinski definition) is 0. The summed E-state index contributed by atoms with van der Waals surface area (Å²) in [7, 11) is 0. The fourth-order valence-electron chi connectivity index (χ4n) is 23.6. The van der Waals surface area contributed by atoms with Crippen molar-refractivity contribution in [2.45, 2.75) is 0 Å². The molecule has 0 bridgehead atoms. The van der Waals surface area contributed by atoms with Crippen LogP contribution in [0.3, 0.4) is 0 Å². The molecule has 150 heavy (non-hydrogen) atoms. The molecule has 30 aromatic rings. The zero-order chi connectivity index (χ0) is 99.1. The number of hydrogen-bond donors (Lipinski definition) is 0. The van der Waals surface area contributed by atoms with Gasteiger partial charge >= 0.3 is 0 Å². The van der Waals surface area contributed by atoms with Crippen molar-refractivity contribution in [2.24, 2.45) is 0 Å². The second-order valence-corrected chi connectivity index (χ2v) is 38.8. The van der Waals surface area contributed by atoms with E-state index in [4.69, 9.17) is 0 Å². The molecule has 0 spiro atoms. The molecule has 30 rings (SSSR count). The Morgan fingerprint density at radius 3 is 0.687 bits per heavy atom. The Kier molecular flexibility index (Phi) is 21.9. The number of nitrogens with zero attached hydrogens (tertiary/aromatic N) is 6. The fraction of sp³-hybridized carbons (Fsp3) is 0. The molecule has 6 aromatic heterocycles. The molecular weight excluding hydrogens is 1810 g/mol. The van der Waals surface area contributed by atoms with Gasteiger partial charge in [0, 0.05) is 98.6 Å². The van der Waals surface area contributed by atoms with E-state index >= 15 is 0 Å². The summed E-state index contributed by atoms with van der Waals surface area (Å²) in [6.45, 7) is 0. The summed E-state index contributed by atoms with van der Waals surface area (Å²) in [5, 5.41) is 15.1. The zero-order valence-electron chi connectivity index (χ0n) is 82.1. The van der Waals surface area contributed by atoms with E-state index in [0.717, 1.165) is 28.4 Å². The molecule has 0 N–H and O–H groups in total. The van der Waals surface area contributed by atoms with Crippen LogP contribution < -0.4 is 0 Å². The van der Waals surface area contributed by atoms with Gasteiger partial charge in [0.05, 0.1) is 71.9 Å². The van der Waals surface area contributed by atoms with Crippen LogP contribution in [0.15, 0.2) is 582 Å². The Morgan fingerprint density at radius 1 is 0.100 bits per heavy atom. The van der Waals surface area contributed by atoms with Crippen molar-refractivity contribution in [1.82, 2.24) is 27.4 Å². The van der Waals surface area contributed by atoms with Crippen LogP contribution in [0, 0.1) is 0 Å². The molecule has 0 unspecified atom stereocenters. The van der Waals surface area contributed by atoms with Gasteiger partial charge in [-0.25, -0.2) is 0 Å². The maximum Gasteiger partial charge on any atom is 0.0641 e. The summed E-state index contributed by atoms with van der Waals surface area (Å²) in [6.07, 6.45) is 0. The van der Waals surface area contributed by atoms with Gasteiger partial charge in [-0.1, -0.05) is 455 Å². The first-order valence-corrected chi connectivity index (χ1v) is 51.6. The number of rotatable bonds is 15. The van der Waals surface area contributed by atoms with Gasteiger partial charge in [-0.15, -0.1) is 0 Å². The quantitative estimate of drug-likeness (QED) is 0.0979. The van der Waals surface area contributed by atoms with Crippen LogP contribution in [-0.4, -0.2) is 27.4 Å². The lowest BCUT2D eigenvalue weighted by Gasteiger charge is -2.17. The van der Waals surface area contributed by atoms with Crippen molar-refractivity contribution < 1.29 is 0 Å². The minimum atomic E-state index is 1.15. The van der Waals surface area contributed by atoms with Crippen LogP contribution in [0.1, 0.15) is 0 Å². The van der Waals surface area contributed by atoms with Crippen molar-refractivity contribution in [3.05, 3.63) is 582 Å². The number of benzene rings is 24. The first kappa shape index (κ1) is 87.8. The SMILES string of the molecule is c1ccc(-c2ccc(-c3ccc(-n4c5ccccc5c5ccc6c(c7ccccc7n6-c6cccc(-c7ccccc7)c6)c54)cc3)cc2)cc1.c1ccc(-c2ccc(-n3c4ccccc4c4c3ccc3c5ccccc5n(-c5ccccc5-c5ccccc5-c5ccccc5)c34)cc2)cc1.c1ccc(-c2cccc(-c3ccc(-n4c5ccccc5c5ccc6c(c7ccccc7n6-c6cccc(-c7ccccc7)c6)c54)cc3)c2)cc1. The van der Waals surface area contributed by atoms with E-state index in [9.17, 15) is 0 Å². The van der Waals surface area contributed by atoms with Gasteiger partial charge in [-0.05, 0) is 222 Å². The van der Waals surface area contributed by atoms with Crippen molar-refractivity contribution in [3.8, 4) is 134 Å². The average Bonchev–Trinajstić information content (AvgIpc) is 1.55. The van der Waals surface area contributed by atoms with Gasteiger partial charge < -0.3 is 27.4 Å². The maximum atomic E-state index is 2.51. The second-order valence-electron chi connectivity index (χ2n) is 38.8. The predicted octanol–water partition coefficient (Wildman–Crippen LogP) is 38.6. The fourth-order valence-corrected chi connectivity index (χ4v) is 23.6. The second kappa shape index (κ2) is 37.4. The summed E-state index contributed by atoms with van der Waals surface area (Å²) >= 11 is 0. The molecule has 0 aliphatic heterocycles. The first-order valence-electron chi connectivity index (χ1n) is 51.6. The third-order valence-electron chi connectivity index (χ3n) is 30.4. The van der Waals surface area contributed by atoms with E-state index < -0.39 is 0 Å². The highest BCUT2D eigenvalue weighted by molar-refractivity contribution is 6.30. The van der Waals surface area contributed by atoms with E-state index in [2.05, 4.69) is 610 Å². The van der Waals surface area contributed by atoms with Crippen LogP contribution >= 0.6 is 0 Å². The molecule has 0 aliphatic carbocycles. The standard InChI is InChI=1S/3C48H32N2/c1-3-13-33(14-4-1)36-17-11-18-37(31-36)35-25-27-39(28-26-35)50-44-23-9-7-21-41(44)42-29-30-46-47(48(42)50)43-22-8-10-24-45(43)49(46)40-20-12-19-38(32-40)34-15-5-2-6-16-34;1-3-12-33(13-4-1)35-22-24-36(25-23-35)37-26-28-39(29-27-37)50-44-20-9-7-18-41(44)42-30-31-46-47(48(42)50)43-19-8-10-21-45(43)49(46)40-17-11-16-38(32-40)34-14-5-2-6-15-34;1-3-15-33(16-4-1)34-27-29-36(30-28-34)49-45-26-14-11-23-42(45)47-46(49)32-31-41-40-22-10-13-25-44(40)50(48(41)47)43-24-12-9-21-39(43)38-20-8-7-19-37(38)35-17-5-2-6-18-35/h3*1-32H. The number of fused-ring (bicyclic) bond motifs is 21. The summed E-state index contributed by atoms with van der Waals surface area (Å²) in [6, 6.07) is 211. The summed E-state index contributed by atoms with van der Waals surface area (Å²) in [4.78, 5) is 0. The molecule has 0 aliphatic rings. The Labute approximate surface area is 868 Å². The van der Waals surface area contributed by atoms with E-state index in [-0.39, 0.29) is 0 Å². The highest BCUT2D eigenvalue weighted by Crippen LogP contribution is 2.50. The number of aromatic nitrogens is 6. The van der Waals surface area contributed by atoms with Gasteiger partial charge in [0.25, 0.3) is 0 Å². The average molecular weight is 1910 g/mol. The molecule has 0 amide bonds. The van der Waals surface area contributed by atoms with E-state index in [0.29, 0.717) is 0 Å². The lowest BCUT2D eigenvalue weighted by atomic mass is 9.93. The summed E-state index contributed by atoms with van der Waals surface area (Å²) in [5.74, 6) is 0. The Balaban J connectivity index is 0.000000108. The molecule has 6 nitrogen and oxygen atoms in total. The smallest absolute Gasteiger partial charge is 0.0641 e. The summed E-state index contributed by atoms with van der Waals surface area (Å²) < 4.78 is 14.7. The molecule has 0 atom stereocenters. The molecule has 24 aromatic carbocycles. The van der Waals surface area contributed by atoms with Crippen LogP contribution in [0.25, 0.3) is 265 Å². The first-order chi connectivity index (χ1) is 74.5. The van der Waals surface area contributed by atoms with Gasteiger partial charge in [0.2, 0.25) is 0 Å². The Bertz CT molecular complexity index is 10400. The van der Waals surface area contributed by atoms with Crippen LogP contribution in [0.5, 0.6) is 0 Å². The van der Waals surface area contributed by atoms with Gasteiger partial charge in [-0.3, -0.25) is 0 Å². The zero-order valence-corrected chi connectivity index (χ0v) is 82.1. The molecule has 0 saturated heterocycles. The molecule has 6 heterocycles. The van der Waals surface area contributed by atoms with Crippen molar-refractivity contribution >= 4 is 131 Å². The van der Waals surface area contributed by atoms with Crippen molar-refractivity contribution in [1.29, 1.82) is 0 Å². The highest BCUT2D eigenvalue weighted by atomic mass is 15.0. The monoisotopic (exact) mass is 1910 g/mol. The molecule has 0 fully saturated rings. The minimum absolute atomic E-state index is 1.15. The van der Waals surface area contributed by atoms with Gasteiger partial charge in [0.1, 0.15) is 0 Å². The lowest BCUT2D eigenvalue weighted by molar-refractivity contribution is 1.17. The largest absolute Gasteiger partial charge is 0.309 e. The van der Waals surface area contributed by atoms with E-state index in [1.807, 2.05) is 0 Å². The molecule has 702 valence electrons. The lowest BCUT2D eigenvalue weighted by Crippen LogP contribution is -1.98. The Hall–Kier alpha value is -19.9. The van der Waals surface area contributed by atoms with Gasteiger partial charge in [0.15, 0.2) is 0 Å². The molecular formula is C144H96N6. The maximum absolute atomic E-state index is 2.51. The molecule has 6 heteroatoms. The predicted molar refractivity (Wildman–Crippen MR) is 634 cm³/mol. The summed E-state index contributed by atoms with van der Waals surface area (Å²) in [5.41, 5.74) is 43.3. The van der Waals surface area contributed by atoms with E-state index in [1.165, 1.54) is 237 Å². The highest BCUT2D eigenvalue weighted by Gasteiger charge is 2.28. The number of para-hydroxylation sites is 7. The van der Waals surface area contributed by atoms with Gasteiger partial charge in [-0.2, -0.15) is 0 Å². The Morgan fingerprint density at radius 2 is 0.327 bits per heavy atom. The normalized spacial score (nSPS) is 11.6. The van der Waals surface area contributed by atoms with Crippen molar-refractivity contribution in [3.63, 3.8) is 0 Å². The molecule has 0 radical (unpaired) electrons. The molecule has 0 saturated carbocycles. The van der Waals surface area contributed by atoms with E-state index in [1.54, 1.807) is 0 Å². The van der Waals surface area contributed by atoms with Crippen molar-refractivity contribution in [2.75, 3.05) is 0 Å². The minimum Gasteiger partial charge on any atom is -0.309 e. The van der Waals surface area contributed by atoms with Crippen LogP contribution in [0.2, 0.25) is 0 Å². The van der Waals surface area contributed by atoms with Crippen LogP contribution in [-0.2, 0) is 0 Å².